The third-order valence-electron chi connectivity index (χ3n) is 8.66. The SMILES string of the molecule is CCCCCC[C@@H]1CO[C@@H](c2ccc(-c3ccc([C@H]4CC[C@H](CCCCCC)CC4)cc3)cc2)CO1. The molecule has 1 saturated heterocycles. The van der Waals surface area contributed by atoms with Crippen molar-refractivity contribution < 1.29 is 9.47 Å². The van der Waals surface area contributed by atoms with Gasteiger partial charge in [0, 0.05) is 0 Å². The van der Waals surface area contributed by atoms with Crippen LogP contribution in [0.2, 0.25) is 0 Å². The summed E-state index contributed by atoms with van der Waals surface area (Å²) in [6.07, 6.45) is 19.3. The third-order valence-corrected chi connectivity index (χ3v) is 8.66. The first-order chi connectivity index (χ1) is 17.8. The van der Waals surface area contributed by atoms with Crippen molar-refractivity contribution in [3.05, 3.63) is 59.7 Å². The predicted octanol–water partition coefficient (Wildman–Crippen LogP) is 10.0. The van der Waals surface area contributed by atoms with Crippen molar-refractivity contribution in [2.75, 3.05) is 13.2 Å². The maximum atomic E-state index is 6.18. The van der Waals surface area contributed by atoms with E-state index < -0.39 is 0 Å². The van der Waals surface area contributed by atoms with Crippen molar-refractivity contribution >= 4 is 0 Å². The molecule has 198 valence electrons. The molecular formula is C34H50O2. The van der Waals surface area contributed by atoms with Gasteiger partial charge in [-0.15, -0.1) is 0 Å². The summed E-state index contributed by atoms with van der Waals surface area (Å²) in [4.78, 5) is 0. The van der Waals surface area contributed by atoms with Crippen LogP contribution in [0.15, 0.2) is 48.5 Å². The first-order valence-electron chi connectivity index (χ1n) is 15.2. The highest BCUT2D eigenvalue weighted by molar-refractivity contribution is 5.64. The first-order valence-corrected chi connectivity index (χ1v) is 15.2. The van der Waals surface area contributed by atoms with Crippen LogP contribution in [-0.2, 0) is 9.47 Å². The summed E-state index contributed by atoms with van der Waals surface area (Å²) in [6, 6.07) is 18.3. The molecular weight excluding hydrogens is 440 g/mol. The number of rotatable bonds is 13. The molecule has 4 rings (SSSR count). The molecule has 0 amide bonds. The van der Waals surface area contributed by atoms with Crippen molar-refractivity contribution in [2.45, 2.75) is 122 Å². The Balaban J connectivity index is 1.22. The molecule has 2 aromatic rings. The van der Waals surface area contributed by atoms with E-state index in [1.807, 2.05) is 0 Å². The lowest BCUT2D eigenvalue weighted by molar-refractivity contribution is -0.137. The van der Waals surface area contributed by atoms with E-state index in [1.54, 1.807) is 0 Å². The van der Waals surface area contributed by atoms with Crippen LogP contribution in [0.25, 0.3) is 11.1 Å². The minimum atomic E-state index is 0.0649. The van der Waals surface area contributed by atoms with Crippen molar-refractivity contribution in [2.24, 2.45) is 5.92 Å². The molecule has 0 spiro atoms. The van der Waals surface area contributed by atoms with E-state index in [1.165, 1.54) is 106 Å². The van der Waals surface area contributed by atoms with Crippen LogP contribution < -0.4 is 0 Å². The number of ether oxygens (including phenoxy) is 2. The zero-order valence-corrected chi connectivity index (χ0v) is 23.1. The topological polar surface area (TPSA) is 18.5 Å². The Morgan fingerprint density at radius 1 is 0.583 bits per heavy atom. The van der Waals surface area contributed by atoms with E-state index in [9.17, 15) is 0 Å². The lowest BCUT2D eigenvalue weighted by Gasteiger charge is -2.30. The summed E-state index contributed by atoms with van der Waals surface area (Å²) in [7, 11) is 0. The van der Waals surface area contributed by atoms with Crippen molar-refractivity contribution in [3.8, 4) is 11.1 Å². The van der Waals surface area contributed by atoms with Crippen molar-refractivity contribution in [1.29, 1.82) is 0 Å². The largest absolute Gasteiger partial charge is 0.373 e. The average Bonchev–Trinajstić information content (AvgIpc) is 2.94. The van der Waals surface area contributed by atoms with Gasteiger partial charge in [-0.25, -0.2) is 0 Å². The maximum absolute atomic E-state index is 6.18. The Morgan fingerprint density at radius 3 is 1.72 bits per heavy atom. The van der Waals surface area contributed by atoms with Gasteiger partial charge in [0.25, 0.3) is 0 Å². The molecule has 0 aromatic heterocycles. The first kappa shape index (κ1) is 27.4. The van der Waals surface area contributed by atoms with Crippen LogP contribution in [0.3, 0.4) is 0 Å². The maximum Gasteiger partial charge on any atom is 0.106 e. The number of benzene rings is 2. The summed E-state index contributed by atoms with van der Waals surface area (Å²) < 4.78 is 12.3. The molecule has 1 aliphatic heterocycles. The molecule has 0 unspecified atom stereocenters. The molecule has 0 N–H and O–H groups in total. The minimum absolute atomic E-state index is 0.0649. The molecule has 0 bridgehead atoms. The van der Waals surface area contributed by atoms with Gasteiger partial charge in [0.05, 0.1) is 19.3 Å². The van der Waals surface area contributed by atoms with Gasteiger partial charge in [-0.05, 0) is 66.2 Å². The average molecular weight is 491 g/mol. The monoisotopic (exact) mass is 490 g/mol. The van der Waals surface area contributed by atoms with Crippen molar-refractivity contribution in [1.82, 2.24) is 0 Å². The van der Waals surface area contributed by atoms with Gasteiger partial charge < -0.3 is 9.47 Å². The Morgan fingerprint density at radius 2 is 1.17 bits per heavy atom. The van der Waals surface area contributed by atoms with Gasteiger partial charge in [0.2, 0.25) is 0 Å². The van der Waals surface area contributed by atoms with E-state index in [-0.39, 0.29) is 12.2 Å². The van der Waals surface area contributed by atoms with Crippen LogP contribution in [0.1, 0.15) is 127 Å². The highest BCUT2D eigenvalue weighted by Crippen LogP contribution is 2.38. The second-order valence-electron chi connectivity index (χ2n) is 11.4. The fourth-order valence-electron chi connectivity index (χ4n) is 6.18. The van der Waals surface area contributed by atoms with Gasteiger partial charge >= 0.3 is 0 Å². The Kier molecular flexibility index (Phi) is 11.4. The van der Waals surface area contributed by atoms with Gasteiger partial charge in [-0.2, -0.15) is 0 Å². The highest BCUT2D eigenvalue weighted by Gasteiger charge is 2.24. The second-order valence-corrected chi connectivity index (χ2v) is 11.4. The summed E-state index contributed by atoms with van der Waals surface area (Å²) in [5.74, 6) is 1.73. The lowest BCUT2D eigenvalue weighted by Crippen LogP contribution is -2.31. The summed E-state index contributed by atoms with van der Waals surface area (Å²) in [5.41, 5.74) is 5.36. The quantitative estimate of drug-likeness (QED) is 0.260. The smallest absolute Gasteiger partial charge is 0.106 e. The number of unbranched alkanes of at least 4 members (excludes halogenated alkanes) is 6. The zero-order chi connectivity index (χ0) is 25.0. The predicted molar refractivity (Wildman–Crippen MR) is 153 cm³/mol. The molecule has 2 fully saturated rings. The Hall–Kier alpha value is -1.64. The molecule has 1 heterocycles. The second kappa shape index (κ2) is 14.9. The molecule has 1 aliphatic carbocycles. The number of hydrogen-bond donors (Lipinski definition) is 0. The summed E-state index contributed by atoms with van der Waals surface area (Å²) in [6.45, 7) is 5.96. The van der Waals surface area contributed by atoms with Crippen molar-refractivity contribution in [3.63, 3.8) is 0 Å². The van der Waals surface area contributed by atoms with Crippen LogP contribution in [0.5, 0.6) is 0 Å². The fraction of sp³-hybridized carbons (Fsp3) is 0.647. The highest BCUT2D eigenvalue weighted by atomic mass is 16.6. The molecule has 1 saturated carbocycles. The molecule has 2 heteroatoms. The summed E-state index contributed by atoms with van der Waals surface area (Å²) in [5, 5.41) is 0. The molecule has 2 aromatic carbocycles. The molecule has 2 aliphatic rings. The van der Waals surface area contributed by atoms with Crippen LogP contribution in [0, 0.1) is 5.92 Å². The van der Waals surface area contributed by atoms with Gasteiger partial charge in [0.1, 0.15) is 6.10 Å². The Labute approximate surface area is 221 Å². The molecule has 2 nitrogen and oxygen atoms in total. The van der Waals surface area contributed by atoms with Crippen LogP contribution in [0.4, 0.5) is 0 Å². The van der Waals surface area contributed by atoms with Gasteiger partial charge in [-0.1, -0.05) is 120 Å². The van der Waals surface area contributed by atoms with Gasteiger partial charge in [-0.3, -0.25) is 0 Å². The van der Waals surface area contributed by atoms with Gasteiger partial charge in [0.15, 0.2) is 0 Å². The van der Waals surface area contributed by atoms with E-state index in [0.29, 0.717) is 6.61 Å². The number of hydrogen-bond acceptors (Lipinski definition) is 2. The normalized spacial score (nSPS) is 24.6. The zero-order valence-electron chi connectivity index (χ0n) is 23.1. The lowest BCUT2D eigenvalue weighted by atomic mass is 9.77. The van der Waals surface area contributed by atoms with Crippen LogP contribution in [-0.4, -0.2) is 19.3 Å². The molecule has 0 radical (unpaired) electrons. The standard InChI is InChI=1S/C34H50O2/c1-3-5-7-9-11-27-13-15-28(16-14-27)29-17-19-30(20-18-29)31-21-23-32(24-22-31)34-26-35-33(25-36-34)12-10-8-6-4-2/h17-24,27-28,33-34H,3-16,25-26H2,1-2H3/t27-,28-,33-,34-/m1/s1. The molecule has 36 heavy (non-hydrogen) atoms. The van der Waals surface area contributed by atoms with E-state index in [0.717, 1.165) is 24.9 Å². The van der Waals surface area contributed by atoms with E-state index >= 15 is 0 Å². The van der Waals surface area contributed by atoms with E-state index in [2.05, 4.69) is 62.4 Å². The summed E-state index contributed by atoms with van der Waals surface area (Å²) >= 11 is 0. The molecule has 2 atom stereocenters. The van der Waals surface area contributed by atoms with E-state index in [4.69, 9.17) is 9.47 Å². The Bertz CT molecular complexity index is 766. The van der Waals surface area contributed by atoms with Crippen LogP contribution >= 0.6 is 0 Å². The fourth-order valence-corrected chi connectivity index (χ4v) is 6.18. The minimum Gasteiger partial charge on any atom is -0.373 e. The third kappa shape index (κ3) is 8.18.